The summed E-state index contributed by atoms with van der Waals surface area (Å²) in [4.78, 5) is 38.2. The van der Waals surface area contributed by atoms with Crippen molar-refractivity contribution in [2.45, 2.75) is 412 Å². The summed E-state index contributed by atoms with van der Waals surface area (Å²) in [5, 5.41) is 0. The molecule has 0 aliphatic heterocycles. The second-order valence-electron chi connectivity index (χ2n) is 30.9. The van der Waals surface area contributed by atoms with Crippen molar-refractivity contribution in [2.75, 3.05) is 47.5 Å². The highest BCUT2D eigenvalue weighted by Crippen LogP contribution is 2.38. The fourth-order valence-electron chi connectivity index (χ4n) is 12.7. The van der Waals surface area contributed by atoms with Crippen molar-refractivity contribution in [3.63, 3.8) is 0 Å². The Morgan fingerprint density at radius 1 is 0.305 bits per heavy atom. The number of esters is 2. The molecule has 10 heteroatoms. The summed E-state index contributed by atoms with van der Waals surface area (Å²) in [6.07, 6.45) is 123. The van der Waals surface area contributed by atoms with Crippen LogP contribution < -0.4 is 4.89 Å². The number of unbranched alkanes of at least 4 members (excludes halogenated alkanes) is 46. The minimum Gasteiger partial charge on any atom is -0.756 e. The summed E-state index contributed by atoms with van der Waals surface area (Å²) in [5.41, 5.74) is 0. The molecule has 0 fully saturated rings. The zero-order valence-electron chi connectivity index (χ0n) is 69.4. The van der Waals surface area contributed by atoms with Crippen LogP contribution in [0, 0.1) is 0 Å². The lowest BCUT2D eigenvalue weighted by atomic mass is 10.0. The van der Waals surface area contributed by atoms with E-state index in [9.17, 15) is 19.0 Å². The van der Waals surface area contributed by atoms with E-state index in [4.69, 9.17) is 18.5 Å². The number of allylic oxidation sites excluding steroid dienone is 22. The van der Waals surface area contributed by atoms with Gasteiger partial charge in [-0.2, -0.15) is 0 Å². The molecule has 606 valence electrons. The molecule has 9 nitrogen and oxygen atoms in total. The van der Waals surface area contributed by atoms with Gasteiger partial charge in [0, 0.05) is 12.8 Å². The molecular weight excluding hydrogens is 1310 g/mol. The van der Waals surface area contributed by atoms with Gasteiger partial charge in [-0.3, -0.25) is 14.2 Å². The van der Waals surface area contributed by atoms with Crippen molar-refractivity contribution < 1.29 is 42.1 Å². The first-order valence-corrected chi connectivity index (χ1v) is 45.9. The zero-order valence-corrected chi connectivity index (χ0v) is 70.3. The van der Waals surface area contributed by atoms with Crippen molar-refractivity contribution in [2.24, 2.45) is 0 Å². The van der Waals surface area contributed by atoms with Gasteiger partial charge in [0.05, 0.1) is 27.7 Å². The van der Waals surface area contributed by atoms with Gasteiger partial charge in [0.15, 0.2) is 6.10 Å². The number of hydrogen-bond acceptors (Lipinski definition) is 8. The molecule has 0 aliphatic carbocycles. The minimum atomic E-state index is -4.66. The Morgan fingerprint density at radius 3 is 0.810 bits per heavy atom. The molecule has 0 amide bonds. The Balaban J connectivity index is 3.97. The standard InChI is InChI=1S/C95H168NO8P/c1-6-8-10-12-14-16-18-20-22-24-26-28-30-32-34-36-38-40-42-44-46-48-50-52-54-56-58-60-62-64-66-68-70-72-74-76-78-80-82-84-86-88-95(98)104-93(92-103-105(99,100)102-90-89-96(3,4)5)91-101-94(97)87-85-83-81-79-77-75-73-71-69-67-65-63-61-59-57-55-53-51-49-47-45-43-41-39-37-35-33-31-29-27-25-23-21-19-17-15-13-11-9-7-2/h8,10,14,16,20,22,26,28,32,34,38,40,44,46,50,52,56,58,62,64,68,70,93H,6-7,9,11-13,15,17-19,21,23-25,27,29-31,33,35-37,39,41-43,45,47-49,51,53-55,57,59-61,63,65-67,69,71-92H2,1-5H3/b10-8-,16-14-,22-20-,28-26-,34-32-,40-38-,46-44-,52-50-,58-56-,64-62-,70-68-. The van der Waals surface area contributed by atoms with Crippen LogP contribution in [-0.2, 0) is 32.7 Å². The fraction of sp³-hybridized carbons (Fsp3) is 0.747. The largest absolute Gasteiger partial charge is 0.756 e. The molecular formula is C95H168NO8P. The summed E-state index contributed by atoms with van der Waals surface area (Å²) < 4.78 is 34.4. The molecule has 2 atom stereocenters. The maximum absolute atomic E-state index is 12.9. The molecule has 0 radical (unpaired) electrons. The molecule has 0 aromatic carbocycles. The van der Waals surface area contributed by atoms with Crippen molar-refractivity contribution >= 4 is 19.8 Å². The minimum absolute atomic E-state index is 0.0374. The molecule has 0 aromatic rings. The van der Waals surface area contributed by atoms with Crippen LogP contribution in [0.1, 0.15) is 406 Å². The Hall–Kier alpha value is -3.85. The summed E-state index contributed by atoms with van der Waals surface area (Å²) in [6.45, 7) is 4.16. The molecule has 0 rings (SSSR count). The number of carbonyl (C=O) groups excluding carboxylic acids is 2. The van der Waals surface area contributed by atoms with E-state index in [2.05, 4.69) is 148 Å². The van der Waals surface area contributed by atoms with Gasteiger partial charge >= 0.3 is 11.9 Å². The van der Waals surface area contributed by atoms with Gasteiger partial charge in [0.2, 0.25) is 0 Å². The quantitative estimate of drug-likeness (QED) is 0.0195. The van der Waals surface area contributed by atoms with Crippen molar-refractivity contribution in [3.8, 4) is 0 Å². The highest BCUT2D eigenvalue weighted by molar-refractivity contribution is 7.45. The Morgan fingerprint density at radius 2 is 0.543 bits per heavy atom. The lowest BCUT2D eigenvalue weighted by Crippen LogP contribution is -2.37. The highest BCUT2D eigenvalue weighted by Gasteiger charge is 2.22. The van der Waals surface area contributed by atoms with Crippen LogP contribution in [-0.4, -0.2) is 70.0 Å². The predicted molar refractivity (Wildman–Crippen MR) is 457 cm³/mol. The number of hydrogen-bond donors (Lipinski definition) is 0. The molecule has 0 aliphatic rings. The van der Waals surface area contributed by atoms with Gasteiger partial charge in [0.25, 0.3) is 7.82 Å². The number of phosphoric acid groups is 1. The van der Waals surface area contributed by atoms with Crippen LogP contribution in [0.15, 0.2) is 134 Å². The summed E-state index contributed by atoms with van der Waals surface area (Å²) >= 11 is 0. The normalized spacial score (nSPS) is 13.6. The number of likely N-dealkylation sites (N-methyl/N-ethyl adjacent to an activating group) is 1. The fourth-order valence-corrected chi connectivity index (χ4v) is 13.5. The van der Waals surface area contributed by atoms with E-state index in [0.717, 1.165) is 122 Å². The van der Waals surface area contributed by atoms with Gasteiger partial charge in [-0.15, -0.1) is 0 Å². The van der Waals surface area contributed by atoms with Gasteiger partial charge in [-0.1, -0.05) is 430 Å². The molecule has 0 saturated carbocycles. The molecule has 0 N–H and O–H groups in total. The number of phosphoric ester groups is 1. The monoisotopic (exact) mass is 1480 g/mol. The maximum Gasteiger partial charge on any atom is 0.306 e. The highest BCUT2D eigenvalue weighted by atomic mass is 31.2. The second-order valence-corrected chi connectivity index (χ2v) is 32.3. The number of rotatable bonds is 82. The van der Waals surface area contributed by atoms with Crippen molar-refractivity contribution in [1.82, 2.24) is 0 Å². The Kier molecular flexibility index (Phi) is 81.1. The lowest BCUT2D eigenvalue weighted by molar-refractivity contribution is -0.870. The molecule has 0 saturated heterocycles. The van der Waals surface area contributed by atoms with E-state index < -0.39 is 26.5 Å². The van der Waals surface area contributed by atoms with E-state index in [1.54, 1.807) is 0 Å². The third-order valence-corrected chi connectivity index (χ3v) is 20.4. The topological polar surface area (TPSA) is 111 Å². The van der Waals surface area contributed by atoms with Crippen LogP contribution in [0.5, 0.6) is 0 Å². The molecule has 0 bridgehead atoms. The van der Waals surface area contributed by atoms with Gasteiger partial charge < -0.3 is 27.9 Å². The zero-order chi connectivity index (χ0) is 76.1. The van der Waals surface area contributed by atoms with E-state index >= 15 is 0 Å². The Labute approximate surface area is 651 Å². The van der Waals surface area contributed by atoms with Crippen LogP contribution in [0.2, 0.25) is 0 Å². The first-order chi connectivity index (χ1) is 51.5. The average molecular weight is 1480 g/mol. The Bertz CT molecular complexity index is 2240. The SMILES string of the molecule is CC/C=C\C/C=C\C/C=C\C/C=C\C/C=C\C/C=C\C/C=C\C/C=C\C/C=C\C/C=C\C/C=C\CCCCCCCCCC(=O)OC(COC(=O)CCCCCCCCCCCCCCCCCCCCCCCCCCCCCCCCCCCCCCCCCC)COP(=O)([O-])OCC[N+](C)(C)C. The molecule has 105 heavy (non-hydrogen) atoms. The first-order valence-electron chi connectivity index (χ1n) is 44.4. The van der Waals surface area contributed by atoms with Gasteiger partial charge in [-0.25, -0.2) is 0 Å². The third kappa shape index (κ3) is 88.9. The van der Waals surface area contributed by atoms with Gasteiger partial charge in [-0.05, 0) is 96.3 Å². The number of quaternary nitrogens is 1. The third-order valence-electron chi connectivity index (χ3n) is 19.4. The summed E-state index contributed by atoms with van der Waals surface area (Å²) in [6, 6.07) is 0. The van der Waals surface area contributed by atoms with Crippen LogP contribution >= 0.6 is 7.82 Å². The van der Waals surface area contributed by atoms with Crippen LogP contribution in [0.4, 0.5) is 0 Å². The van der Waals surface area contributed by atoms with Gasteiger partial charge in [0.1, 0.15) is 19.8 Å². The van der Waals surface area contributed by atoms with Crippen molar-refractivity contribution in [3.05, 3.63) is 134 Å². The first kappa shape index (κ1) is 101. The molecule has 0 spiro atoms. The molecule has 0 heterocycles. The lowest BCUT2D eigenvalue weighted by Gasteiger charge is -2.28. The molecule has 2 unspecified atom stereocenters. The van der Waals surface area contributed by atoms with E-state index in [0.29, 0.717) is 17.4 Å². The second kappa shape index (κ2) is 84.2. The van der Waals surface area contributed by atoms with Crippen molar-refractivity contribution in [1.29, 1.82) is 0 Å². The smallest absolute Gasteiger partial charge is 0.306 e. The number of ether oxygens (including phenoxy) is 2. The summed E-state index contributed by atoms with van der Waals surface area (Å²) in [5.74, 6) is -0.837. The number of carbonyl (C=O) groups is 2. The van der Waals surface area contributed by atoms with E-state index in [-0.39, 0.29) is 32.0 Å². The van der Waals surface area contributed by atoms with Crippen LogP contribution in [0.3, 0.4) is 0 Å². The molecule has 0 aromatic heterocycles. The van der Waals surface area contributed by atoms with E-state index in [1.807, 2.05) is 21.1 Å². The summed E-state index contributed by atoms with van der Waals surface area (Å²) in [7, 11) is 1.16. The van der Waals surface area contributed by atoms with Crippen LogP contribution in [0.25, 0.3) is 0 Å². The maximum atomic E-state index is 12.9. The predicted octanol–water partition coefficient (Wildman–Crippen LogP) is 29.6. The average Bonchev–Trinajstić information content (AvgIpc) is 0.935. The van der Waals surface area contributed by atoms with E-state index in [1.165, 1.54) is 250 Å². The number of nitrogens with zero attached hydrogens (tertiary/aromatic N) is 1.